The first kappa shape index (κ1) is 21.8. The van der Waals surface area contributed by atoms with Crippen molar-refractivity contribution in [2.24, 2.45) is 0 Å². The van der Waals surface area contributed by atoms with E-state index in [1.807, 2.05) is 46.2 Å². The zero-order valence-corrected chi connectivity index (χ0v) is 18.4. The molecule has 2 aromatic rings. The van der Waals surface area contributed by atoms with Gasteiger partial charge in [-0.3, -0.25) is 14.6 Å². The number of pyridine rings is 1. The van der Waals surface area contributed by atoms with Crippen LogP contribution in [0.2, 0.25) is 5.02 Å². The van der Waals surface area contributed by atoms with Gasteiger partial charge in [-0.05, 0) is 49.1 Å². The Balaban J connectivity index is 1.41. The molecule has 0 saturated carbocycles. The van der Waals surface area contributed by atoms with Crippen molar-refractivity contribution in [3.63, 3.8) is 0 Å². The fourth-order valence-corrected chi connectivity index (χ4v) is 4.47. The quantitative estimate of drug-likeness (QED) is 0.711. The molecule has 2 saturated heterocycles. The zero-order chi connectivity index (χ0) is 21.6. The second kappa shape index (κ2) is 10.2. The van der Waals surface area contributed by atoms with Gasteiger partial charge in [0.05, 0.1) is 24.5 Å². The van der Waals surface area contributed by atoms with Crippen LogP contribution < -0.4 is 0 Å². The van der Waals surface area contributed by atoms with Crippen molar-refractivity contribution in [3.8, 4) is 0 Å². The molecule has 0 N–H and O–H groups in total. The number of carbonyl (C=O) groups excluding carboxylic acids is 2. The minimum Gasteiger partial charge on any atom is -0.378 e. The van der Waals surface area contributed by atoms with Crippen molar-refractivity contribution in [1.29, 1.82) is 0 Å². The normalized spacial score (nSPS) is 19.3. The smallest absolute Gasteiger partial charge is 0.255 e. The van der Waals surface area contributed by atoms with E-state index in [2.05, 4.69) is 4.98 Å². The first-order chi connectivity index (χ1) is 15.1. The van der Waals surface area contributed by atoms with Gasteiger partial charge in [0.2, 0.25) is 5.91 Å². The van der Waals surface area contributed by atoms with Crippen LogP contribution >= 0.6 is 11.6 Å². The lowest BCUT2D eigenvalue weighted by molar-refractivity contribution is -0.132. The van der Waals surface area contributed by atoms with Crippen LogP contribution in [0, 0.1) is 0 Å². The molecular formula is C24H28ClN3O3. The summed E-state index contributed by atoms with van der Waals surface area (Å²) in [6, 6.07) is 11.3. The molecule has 7 heteroatoms. The minimum absolute atomic E-state index is 0.0117. The fourth-order valence-electron chi connectivity index (χ4n) is 4.35. The predicted molar refractivity (Wildman–Crippen MR) is 119 cm³/mol. The number of amides is 2. The maximum absolute atomic E-state index is 13.1. The highest BCUT2D eigenvalue weighted by Crippen LogP contribution is 2.29. The Hall–Kier alpha value is -2.44. The highest BCUT2D eigenvalue weighted by molar-refractivity contribution is 6.30. The Labute approximate surface area is 188 Å². The van der Waals surface area contributed by atoms with Crippen LogP contribution in [0.15, 0.2) is 42.6 Å². The maximum Gasteiger partial charge on any atom is 0.255 e. The molecule has 2 amide bonds. The van der Waals surface area contributed by atoms with Gasteiger partial charge >= 0.3 is 0 Å². The molecule has 0 bridgehead atoms. The Morgan fingerprint density at radius 2 is 1.84 bits per heavy atom. The number of morpholine rings is 1. The second-order valence-electron chi connectivity index (χ2n) is 8.15. The van der Waals surface area contributed by atoms with E-state index in [1.54, 1.807) is 6.20 Å². The first-order valence-corrected chi connectivity index (χ1v) is 11.3. The lowest BCUT2D eigenvalue weighted by Gasteiger charge is -2.34. The Morgan fingerprint density at radius 1 is 1.06 bits per heavy atom. The molecule has 164 valence electrons. The van der Waals surface area contributed by atoms with Crippen LogP contribution in [-0.4, -0.2) is 66.0 Å². The van der Waals surface area contributed by atoms with Crippen molar-refractivity contribution in [2.45, 2.75) is 31.6 Å². The van der Waals surface area contributed by atoms with Gasteiger partial charge < -0.3 is 14.5 Å². The summed E-state index contributed by atoms with van der Waals surface area (Å²) in [5.41, 5.74) is 2.58. The fraction of sp³-hybridized carbons (Fsp3) is 0.458. The van der Waals surface area contributed by atoms with Gasteiger partial charge in [-0.2, -0.15) is 0 Å². The molecule has 31 heavy (non-hydrogen) atoms. The standard InChI is InChI=1S/C24H28ClN3O3/c25-20-8-5-18(6-9-20)7-10-22(29)28-12-2-3-19(17-28)23-21(4-1-11-26-23)24(30)27-13-15-31-16-14-27/h1,4-6,8-9,11,19H,2-3,7,10,12-17H2/t19-/m1/s1. The molecule has 2 aliphatic rings. The molecule has 0 spiro atoms. The average molecular weight is 442 g/mol. The largest absolute Gasteiger partial charge is 0.378 e. The zero-order valence-electron chi connectivity index (χ0n) is 17.6. The molecule has 2 fully saturated rings. The highest BCUT2D eigenvalue weighted by Gasteiger charge is 2.30. The van der Waals surface area contributed by atoms with E-state index >= 15 is 0 Å². The molecule has 6 nitrogen and oxygen atoms in total. The molecule has 1 aromatic carbocycles. The number of halogens is 1. The lowest BCUT2D eigenvalue weighted by Crippen LogP contribution is -2.42. The van der Waals surface area contributed by atoms with Crippen molar-refractivity contribution >= 4 is 23.4 Å². The summed E-state index contributed by atoms with van der Waals surface area (Å²) < 4.78 is 5.37. The van der Waals surface area contributed by atoms with Gasteiger partial charge in [0, 0.05) is 49.7 Å². The van der Waals surface area contributed by atoms with Crippen LogP contribution in [0.4, 0.5) is 0 Å². The number of hydrogen-bond donors (Lipinski definition) is 0. The lowest BCUT2D eigenvalue weighted by atomic mass is 9.90. The van der Waals surface area contributed by atoms with Crippen molar-refractivity contribution in [2.75, 3.05) is 39.4 Å². The SMILES string of the molecule is O=C(CCc1ccc(Cl)cc1)N1CCC[C@@H](c2ncccc2C(=O)N2CCOCC2)C1. The minimum atomic E-state index is 0.0117. The molecule has 0 aliphatic carbocycles. The average Bonchev–Trinajstić information content (AvgIpc) is 2.83. The predicted octanol–water partition coefficient (Wildman–Crippen LogP) is 3.55. The third-order valence-corrected chi connectivity index (χ3v) is 6.32. The molecule has 2 aliphatic heterocycles. The van der Waals surface area contributed by atoms with E-state index in [0.717, 1.165) is 30.6 Å². The number of rotatable bonds is 5. The third kappa shape index (κ3) is 5.43. The van der Waals surface area contributed by atoms with Gasteiger partial charge in [0.25, 0.3) is 5.91 Å². The Morgan fingerprint density at radius 3 is 2.61 bits per heavy atom. The Kier molecular flexibility index (Phi) is 7.20. The number of hydrogen-bond acceptors (Lipinski definition) is 4. The van der Waals surface area contributed by atoms with Gasteiger partial charge in [-0.15, -0.1) is 0 Å². The molecule has 1 aromatic heterocycles. The number of likely N-dealkylation sites (tertiary alicyclic amines) is 1. The van der Waals surface area contributed by atoms with E-state index in [-0.39, 0.29) is 17.7 Å². The van der Waals surface area contributed by atoms with Gasteiger partial charge in [-0.1, -0.05) is 23.7 Å². The molecule has 4 rings (SSSR count). The van der Waals surface area contributed by atoms with Crippen LogP contribution in [0.5, 0.6) is 0 Å². The summed E-state index contributed by atoms with van der Waals surface area (Å²) in [6.45, 7) is 3.72. The molecular weight excluding hydrogens is 414 g/mol. The number of piperidine rings is 1. The van der Waals surface area contributed by atoms with E-state index in [9.17, 15) is 9.59 Å². The highest BCUT2D eigenvalue weighted by atomic mass is 35.5. The number of carbonyl (C=O) groups is 2. The van der Waals surface area contributed by atoms with E-state index in [0.29, 0.717) is 56.3 Å². The van der Waals surface area contributed by atoms with Crippen LogP contribution in [0.25, 0.3) is 0 Å². The summed E-state index contributed by atoms with van der Waals surface area (Å²) in [7, 11) is 0. The second-order valence-corrected chi connectivity index (χ2v) is 8.58. The van der Waals surface area contributed by atoms with Gasteiger partial charge in [-0.25, -0.2) is 0 Å². The Bertz CT molecular complexity index is 913. The maximum atomic E-state index is 13.1. The van der Waals surface area contributed by atoms with Crippen LogP contribution in [-0.2, 0) is 16.0 Å². The van der Waals surface area contributed by atoms with Gasteiger partial charge in [0.1, 0.15) is 0 Å². The van der Waals surface area contributed by atoms with Crippen LogP contribution in [0.3, 0.4) is 0 Å². The number of benzene rings is 1. The number of aryl methyl sites for hydroxylation is 1. The number of aromatic nitrogens is 1. The molecule has 0 radical (unpaired) electrons. The van der Waals surface area contributed by atoms with E-state index in [4.69, 9.17) is 16.3 Å². The first-order valence-electron chi connectivity index (χ1n) is 11.0. The molecule has 3 heterocycles. The summed E-state index contributed by atoms with van der Waals surface area (Å²) in [5.74, 6) is 0.239. The van der Waals surface area contributed by atoms with Gasteiger partial charge in [0.15, 0.2) is 0 Å². The molecule has 0 unspecified atom stereocenters. The summed E-state index contributed by atoms with van der Waals surface area (Å²) in [6.07, 6.45) is 4.75. The summed E-state index contributed by atoms with van der Waals surface area (Å²) in [5, 5.41) is 0.701. The van der Waals surface area contributed by atoms with E-state index in [1.165, 1.54) is 0 Å². The topological polar surface area (TPSA) is 62.7 Å². The summed E-state index contributed by atoms with van der Waals surface area (Å²) in [4.78, 5) is 34.3. The molecule has 1 atom stereocenters. The van der Waals surface area contributed by atoms with E-state index < -0.39 is 0 Å². The summed E-state index contributed by atoms with van der Waals surface area (Å²) >= 11 is 5.94. The number of nitrogens with zero attached hydrogens (tertiary/aromatic N) is 3. The van der Waals surface area contributed by atoms with Crippen molar-refractivity contribution in [1.82, 2.24) is 14.8 Å². The van der Waals surface area contributed by atoms with Crippen molar-refractivity contribution in [3.05, 3.63) is 64.4 Å². The monoisotopic (exact) mass is 441 g/mol. The van der Waals surface area contributed by atoms with Crippen molar-refractivity contribution < 1.29 is 14.3 Å². The third-order valence-electron chi connectivity index (χ3n) is 6.07. The van der Waals surface area contributed by atoms with Crippen LogP contribution in [0.1, 0.15) is 46.8 Å². The number of ether oxygens (including phenoxy) is 1.